The predicted octanol–water partition coefficient (Wildman–Crippen LogP) is 6.46. The second-order valence-electron chi connectivity index (χ2n) is 10.8. The number of methoxy groups -OCH3 is 2. The molecule has 0 fully saturated rings. The second kappa shape index (κ2) is 10.7. The largest absolute Gasteiger partial charge is 0.506 e. The Morgan fingerprint density at radius 2 is 1.89 bits per heavy atom. The minimum atomic E-state index is -0.752. The molecule has 2 unspecified atom stereocenters. The molecule has 0 radical (unpaired) electrons. The highest BCUT2D eigenvalue weighted by Gasteiger charge is 2.45. The molecule has 1 aliphatic heterocycles. The molecule has 0 saturated heterocycles. The molecule has 45 heavy (non-hydrogen) atoms. The first-order valence-corrected chi connectivity index (χ1v) is 14.5. The van der Waals surface area contributed by atoms with E-state index in [4.69, 9.17) is 39.7 Å². The van der Waals surface area contributed by atoms with Crippen LogP contribution in [0.25, 0.3) is 43.8 Å². The first-order chi connectivity index (χ1) is 21.8. The Labute approximate surface area is 261 Å². The molecule has 3 aromatic carbocycles. The standard InChI is InChI=1S/C34H28ClNO9/c1-6-10-36-15(3)12-16-13-18-21(26(38)20(16)34(36)39)22-23-31(27(18)40-4)43-14-44-32(23)33-24(30(22)42-11-7-2)25(37)17-8-9-19(35)29(41-5)28(17)45-33/h6-9,12-13,27,31,38H,1-2,10-11,14H2,3-5H3. The zero-order valence-corrected chi connectivity index (χ0v) is 25.4. The van der Waals surface area contributed by atoms with Crippen molar-refractivity contribution in [1.29, 1.82) is 0 Å². The fourth-order valence-electron chi connectivity index (χ4n) is 6.59. The number of allylic oxidation sites excluding steroid dienone is 1. The molecule has 2 aromatic heterocycles. The fraction of sp³-hybridized carbons (Fsp3) is 0.235. The lowest BCUT2D eigenvalue weighted by atomic mass is 9.78. The van der Waals surface area contributed by atoms with Crippen LogP contribution in [0.5, 0.6) is 23.0 Å². The smallest absolute Gasteiger partial charge is 0.262 e. The fourth-order valence-corrected chi connectivity index (χ4v) is 6.82. The number of hydrogen-bond donors (Lipinski definition) is 1. The number of nitrogens with zero attached hydrogens (tertiary/aromatic N) is 1. The highest BCUT2D eigenvalue weighted by molar-refractivity contribution is 6.33. The lowest BCUT2D eigenvalue weighted by Crippen LogP contribution is -2.29. The molecule has 1 aliphatic carbocycles. The average molecular weight is 630 g/mol. The Morgan fingerprint density at radius 1 is 1.09 bits per heavy atom. The number of phenolic OH excluding ortho intramolecular Hbond substituents is 1. The van der Waals surface area contributed by atoms with Gasteiger partial charge >= 0.3 is 0 Å². The van der Waals surface area contributed by atoms with Crippen LogP contribution in [0.4, 0.5) is 0 Å². The van der Waals surface area contributed by atoms with Crippen molar-refractivity contribution in [3.8, 4) is 34.1 Å². The first kappa shape index (κ1) is 29.0. The molecular weight excluding hydrogens is 602 g/mol. The third kappa shape index (κ3) is 3.96. The number of pyridine rings is 1. The van der Waals surface area contributed by atoms with Crippen molar-refractivity contribution in [3.05, 3.63) is 92.0 Å². The number of fused-ring (bicyclic) bond motifs is 6. The van der Waals surface area contributed by atoms with Gasteiger partial charge < -0.3 is 37.8 Å². The van der Waals surface area contributed by atoms with E-state index in [9.17, 15) is 14.7 Å². The van der Waals surface area contributed by atoms with Gasteiger partial charge in [-0.3, -0.25) is 9.59 Å². The Bertz CT molecular complexity index is 2230. The van der Waals surface area contributed by atoms with Gasteiger partial charge in [-0.1, -0.05) is 30.3 Å². The van der Waals surface area contributed by atoms with Crippen LogP contribution in [-0.4, -0.2) is 37.3 Å². The molecule has 7 rings (SSSR count). The van der Waals surface area contributed by atoms with Gasteiger partial charge in [-0.2, -0.15) is 0 Å². The quantitative estimate of drug-likeness (QED) is 0.160. The van der Waals surface area contributed by atoms with Crippen LogP contribution in [0.15, 0.2) is 63.6 Å². The van der Waals surface area contributed by atoms with E-state index < -0.39 is 23.2 Å². The number of ether oxygens (including phenoxy) is 5. The van der Waals surface area contributed by atoms with Crippen molar-refractivity contribution in [2.75, 3.05) is 27.6 Å². The van der Waals surface area contributed by atoms with E-state index in [1.807, 2.05) is 19.1 Å². The summed E-state index contributed by atoms with van der Waals surface area (Å²) >= 11 is 6.39. The van der Waals surface area contributed by atoms with Crippen LogP contribution >= 0.6 is 11.6 Å². The molecule has 2 aliphatic rings. The van der Waals surface area contributed by atoms with E-state index in [2.05, 4.69) is 13.2 Å². The van der Waals surface area contributed by atoms with Crippen LogP contribution in [0.2, 0.25) is 5.02 Å². The van der Waals surface area contributed by atoms with Crippen molar-refractivity contribution < 1.29 is 33.2 Å². The van der Waals surface area contributed by atoms with Crippen LogP contribution in [-0.2, 0) is 16.0 Å². The molecule has 0 bridgehead atoms. The van der Waals surface area contributed by atoms with Gasteiger partial charge in [0.1, 0.15) is 35.7 Å². The Kier molecular flexibility index (Phi) is 6.88. The van der Waals surface area contributed by atoms with Gasteiger partial charge in [0.15, 0.2) is 29.5 Å². The van der Waals surface area contributed by atoms with Crippen molar-refractivity contribution in [1.82, 2.24) is 4.57 Å². The number of aromatic hydroxyl groups is 1. The molecule has 1 N–H and O–H groups in total. The Morgan fingerprint density at radius 3 is 2.60 bits per heavy atom. The summed E-state index contributed by atoms with van der Waals surface area (Å²) in [7, 11) is 2.96. The maximum absolute atomic E-state index is 14.3. The van der Waals surface area contributed by atoms with Crippen molar-refractivity contribution in [3.63, 3.8) is 0 Å². The monoisotopic (exact) mass is 629 g/mol. The lowest BCUT2D eigenvalue weighted by Gasteiger charge is -2.39. The Balaban J connectivity index is 1.72. The lowest BCUT2D eigenvalue weighted by molar-refractivity contribution is -0.121. The highest BCUT2D eigenvalue weighted by Crippen LogP contribution is 2.61. The maximum Gasteiger partial charge on any atom is 0.262 e. The van der Waals surface area contributed by atoms with Gasteiger partial charge in [0.2, 0.25) is 5.43 Å². The van der Waals surface area contributed by atoms with E-state index in [1.54, 1.807) is 18.2 Å². The summed E-state index contributed by atoms with van der Waals surface area (Å²) in [6, 6.07) is 6.73. The SMILES string of the molecule is C=CCOc1c2c3c(c4oc5c(OC)c(Cl)ccc5c(=O)c14)OCOC3C(OC)c1cc3cc(C)n(CC=C)c(=O)c3c(O)c1-2. The minimum absolute atomic E-state index is 0.0113. The van der Waals surface area contributed by atoms with Crippen LogP contribution in [0, 0.1) is 6.92 Å². The summed E-state index contributed by atoms with van der Waals surface area (Å²) in [4.78, 5) is 28.1. The van der Waals surface area contributed by atoms with Crippen LogP contribution < -0.4 is 25.2 Å². The van der Waals surface area contributed by atoms with Gasteiger partial charge in [0.25, 0.3) is 5.56 Å². The molecule has 3 heterocycles. The molecule has 230 valence electrons. The number of halogens is 1. The molecule has 0 amide bonds. The summed E-state index contributed by atoms with van der Waals surface area (Å²) < 4.78 is 37.9. The number of rotatable bonds is 7. The molecule has 11 heteroatoms. The molecule has 2 atom stereocenters. The van der Waals surface area contributed by atoms with Crippen molar-refractivity contribution in [2.24, 2.45) is 0 Å². The number of hydrogen-bond acceptors (Lipinski definition) is 9. The number of phenols is 1. The summed E-state index contributed by atoms with van der Waals surface area (Å²) in [6.45, 7) is 9.45. The third-order valence-electron chi connectivity index (χ3n) is 8.43. The Hall–Kier alpha value is -4.77. The topological polar surface area (TPSA) is 119 Å². The molecule has 10 nitrogen and oxygen atoms in total. The summed E-state index contributed by atoms with van der Waals surface area (Å²) in [5.41, 5.74) is 1.65. The summed E-state index contributed by atoms with van der Waals surface area (Å²) in [6.07, 6.45) is 1.66. The van der Waals surface area contributed by atoms with Gasteiger partial charge in [-0.25, -0.2) is 0 Å². The average Bonchev–Trinajstić information content (AvgIpc) is 3.02. The predicted molar refractivity (Wildman–Crippen MR) is 170 cm³/mol. The molecule has 0 saturated carbocycles. The molecule has 5 aromatic rings. The minimum Gasteiger partial charge on any atom is -0.506 e. The highest BCUT2D eigenvalue weighted by atomic mass is 35.5. The first-order valence-electron chi connectivity index (χ1n) is 14.1. The second-order valence-corrected chi connectivity index (χ2v) is 11.2. The third-order valence-corrected chi connectivity index (χ3v) is 8.73. The van der Waals surface area contributed by atoms with E-state index in [0.29, 0.717) is 27.8 Å². The molecule has 0 spiro atoms. The zero-order valence-electron chi connectivity index (χ0n) is 24.7. The summed E-state index contributed by atoms with van der Waals surface area (Å²) in [5.74, 6) is 0.213. The number of benzene rings is 3. The van der Waals surface area contributed by atoms with E-state index in [-0.39, 0.29) is 80.9 Å². The molecular formula is C34H28ClNO9. The number of aromatic nitrogens is 1. The maximum atomic E-state index is 14.3. The zero-order chi connectivity index (χ0) is 31.7. The van der Waals surface area contributed by atoms with E-state index in [0.717, 1.165) is 0 Å². The van der Waals surface area contributed by atoms with Gasteiger partial charge in [0, 0.05) is 36.0 Å². The summed E-state index contributed by atoms with van der Waals surface area (Å²) in [5, 5.41) is 13.2. The van der Waals surface area contributed by atoms with Gasteiger partial charge in [0.05, 0.1) is 22.9 Å². The van der Waals surface area contributed by atoms with E-state index >= 15 is 0 Å². The number of aryl methyl sites for hydroxylation is 1. The van der Waals surface area contributed by atoms with Crippen LogP contribution in [0.3, 0.4) is 0 Å². The normalized spacial score (nSPS) is 16.7. The van der Waals surface area contributed by atoms with E-state index in [1.165, 1.54) is 24.9 Å². The van der Waals surface area contributed by atoms with Gasteiger partial charge in [-0.15, -0.1) is 6.58 Å². The van der Waals surface area contributed by atoms with Crippen molar-refractivity contribution >= 4 is 44.3 Å². The van der Waals surface area contributed by atoms with Gasteiger partial charge in [-0.05, 0) is 42.1 Å². The van der Waals surface area contributed by atoms with Crippen LogP contribution in [0.1, 0.15) is 29.0 Å². The van der Waals surface area contributed by atoms with Crippen molar-refractivity contribution in [2.45, 2.75) is 25.7 Å².